The number of amides is 5. The number of unbranched alkanes of at least 4 members (excludes halogenated alkanes) is 2. The molecule has 3 aromatic rings. The van der Waals surface area contributed by atoms with Crippen LogP contribution in [0.25, 0.3) is 10.9 Å². The zero-order valence-corrected chi connectivity index (χ0v) is 28.6. The molecule has 0 saturated heterocycles. The lowest BCUT2D eigenvalue weighted by Gasteiger charge is -2.21. The highest BCUT2D eigenvalue weighted by molar-refractivity contribution is 5.92. The zero-order valence-electron chi connectivity index (χ0n) is 28.6. The number of carboxylic acid groups (broad SMARTS) is 1. The Morgan fingerprint density at radius 2 is 1.51 bits per heavy atom. The van der Waals surface area contributed by atoms with Crippen molar-refractivity contribution in [3.8, 4) is 0 Å². The minimum Gasteiger partial charge on any atom is -0.480 e. The van der Waals surface area contributed by atoms with E-state index < -0.39 is 60.5 Å². The van der Waals surface area contributed by atoms with Gasteiger partial charge in [-0.1, -0.05) is 48.5 Å². The Morgan fingerprint density at radius 1 is 0.824 bits per heavy atom. The summed E-state index contributed by atoms with van der Waals surface area (Å²) in [6, 6.07) is 12.4. The van der Waals surface area contributed by atoms with Gasteiger partial charge in [0.25, 0.3) is 0 Å². The van der Waals surface area contributed by atoms with Gasteiger partial charge in [0, 0.05) is 30.1 Å². The molecule has 0 fully saturated rings. The predicted molar refractivity (Wildman–Crippen MR) is 187 cm³/mol. The molecule has 0 aliphatic rings. The number of aliphatic carboxylic acids is 1. The number of benzene rings is 2. The third kappa shape index (κ3) is 14.0. The van der Waals surface area contributed by atoms with E-state index in [4.69, 9.17) is 15.2 Å². The molecule has 5 amide bonds. The summed E-state index contributed by atoms with van der Waals surface area (Å²) >= 11 is 0. The smallest absolute Gasteiger partial charge is 0.407 e. The Hall–Kier alpha value is -5.64. The van der Waals surface area contributed by atoms with Gasteiger partial charge in [-0.05, 0) is 62.3 Å². The first-order valence-corrected chi connectivity index (χ1v) is 16.8. The molecule has 1 unspecified atom stereocenters. The van der Waals surface area contributed by atoms with Crippen LogP contribution in [0, 0.1) is 0 Å². The molecule has 1 heterocycles. The highest BCUT2D eigenvalue weighted by Gasteiger charge is 2.27. The molecule has 0 aliphatic heterocycles. The van der Waals surface area contributed by atoms with E-state index in [1.807, 2.05) is 54.6 Å². The molecular formula is C35H47N7O9. The molecule has 16 heteroatoms. The number of hydrogen-bond donors (Lipinski definition) is 8. The average Bonchev–Trinajstić information content (AvgIpc) is 3.54. The topological polar surface area (TPSA) is 243 Å². The standard InChI is InChI=1S/C35H47N7O9/c1-50-33(47)29(19-24-20-38-26-14-6-5-13-25(24)26)40-30(43)21-39-31(44)27(41-34(48)42-28(32(45)46)16-7-9-17-36)15-8-10-18-37-35(49)51-22-23-11-3-2-4-12-23/h2-6,11-14,20,27-29,38H,7-10,15-19,21-22,36H2,1H3,(H,37,49)(H,39,44)(H,40,43)(H,45,46)(H2,41,42,48)/t27-,28?,29+/m1/s1. The van der Waals surface area contributed by atoms with Crippen molar-refractivity contribution in [3.63, 3.8) is 0 Å². The largest absolute Gasteiger partial charge is 0.480 e. The summed E-state index contributed by atoms with van der Waals surface area (Å²) in [4.78, 5) is 78.4. The van der Waals surface area contributed by atoms with Gasteiger partial charge in [0.15, 0.2) is 0 Å². The molecule has 0 spiro atoms. The first-order valence-electron chi connectivity index (χ1n) is 16.8. The van der Waals surface area contributed by atoms with Crippen molar-refractivity contribution >= 4 is 46.8 Å². The first kappa shape index (κ1) is 39.8. The molecule has 0 radical (unpaired) electrons. The number of alkyl carbamates (subject to hydrolysis) is 1. The van der Waals surface area contributed by atoms with Gasteiger partial charge in [0.05, 0.1) is 13.7 Å². The summed E-state index contributed by atoms with van der Waals surface area (Å²) < 4.78 is 10.1. The number of nitrogens with one attached hydrogen (secondary N) is 6. The number of carbonyl (C=O) groups excluding carboxylic acids is 5. The lowest BCUT2D eigenvalue weighted by molar-refractivity contribution is -0.145. The van der Waals surface area contributed by atoms with Gasteiger partial charge in [-0.25, -0.2) is 19.2 Å². The maximum absolute atomic E-state index is 13.2. The number of rotatable bonds is 21. The SMILES string of the molecule is COC(=O)[C@H](Cc1c[nH]c2ccccc12)NC(=O)CNC(=O)[C@@H](CCCCNC(=O)OCc1ccccc1)NC(=O)NC(CCCCN)C(=O)O. The monoisotopic (exact) mass is 709 g/mol. The summed E-state index contributed by atoms with van der Waals surface area (Å²) in [5.74, 6) is -3.30. The highest BCUT2D eigenvalue weighted by atomic mass is 16.5. The van der Waals surface area contributed by atoms with E-state index in [0.29, 0.717) is 32.2 Å². The van der Waals surface area contributed by atoms with E-state index in [1.165, 1.54) is 7.11 Å². The van der Waals surface area contributed by atoms with E-state index in [9.17, 15) is 33.9 Å². The summed E-state index contributed by atoms with van der Waals surface area (Å²) in [6.07, 6.45) is 3.32. The normalized spacial score (nSPS) is 12.5. The Morgan fingerprint density at radius 3 is 2.24 bits per heavy atom. The van der Waals surface area contributed by atoms with Crippen LogP contribution in [0.1, 0.15) is 49.7 Å². The van der Waals surface area contributed by atoms with E-state index >= 15 is 0 Å². The average molecular weight is 710 g/mol. The van der Waals surface area contributed by atoms with Crippen molar-refractivity contribution < 1.29 is 43.3 Å². The number of carboxylic acids is 1. The third-order valence-corrected chi connectivity index (χ3v) is 7.92. The fourth-order valence-electron chi connectivity index (χ4n) is 5.21. The van der Waals surface area contributed by atoms with Crippen LogP contribution >= 0.6 is 0 Å². The van der Waals surface area contributed by atoms with Crippen LogP contribution in [0.15, 0.2) is 60.8 Å². The summed E-state index contributed by atoms with van der Waals surface area (Å²) in [6.45, 7) is 0.182. The molecule has 16 nitrogen and oxygen atoms in total. The van der Waals surface area contributed by atoms with Gasteiger partial charge in [0.1, 0.15) is 24.7 Å². The summed E-state index contributed by atoms with van der Waals surface area (Å²) in [7, 11) is 1.20. The number of aromatic amines is 1. The minimum atomic E-state index is -1.24. The van der Waals surface area contributed by atoms with Crippen LogP contribution in [0.3, 0.4) is 0 Å². The number of ether oxygens (including phenoxy) is 2. The maximum Gasteiger partial charge on any atom is 0.407 e. The van der Waals surface area contributed by atoms with Gasteiger partial charge in [-0.2, -0.15) is 0 Å². The van der Waals surface area contributed by atoms with Crippen LogP contribution in [0.5, 0.6) is 0 Å². The fraction of sp³-hybridized carbons (Fsp3) is 0.429. The van der Waals surface area contributed by atoms with Gasteiger partial charge in [-0.15, -0.1) is 0 Å². The second-order valence-electron chi connectivity index (χ2n) is 11.8. The molecule has 1 aromatic heterocycles. The number of fused-ring (bicyclic) bond motifs is 1. The van der Waals surface area contributed by atoms with E-state index in [0.717, 1.165) is 22.0 Å². The molecule has 51 heavy (non-hydrogen) atoms. The molecule has 0 saturated carbocycles. The van der Waals surface area contributed by atoms with Crippen molar-refractivity contribution in [1.82, 2.24) is 31.6 Å². The van der Waals surface area contributed by atoms with Crippen LogP contribution < -0.4 is 32.3 Å². The number of aromatic nitrogens is 1. The Balaban J connectivity index is 1.56. The van der Waals surface area contributed by atoms with Gasteiger partial charge in [-0.3, -0.25) is 9.59 Å². The Kier molecular flexibility index (Phi) is 16.7. The zero-order chi connectivity index (χ0) is 37.0. The van der Waals surface area contributed by atoms with E-state index in [2.05, 4.69) is 31.6 Å². The quantitative estimate of drug-likeness (QED) is 0.0589. The number of methoxy groups -OCH3 is 1. The van der Waals surface area contributed by atoms with E-state index in [-0.39, 0.29) is 32.4 Å². The number of H-pyrrole nitrogens is 1. The molecule has 2 aromatic carbocycles. The van der Waals surface area contributed by atoms with Crippen LogP contribution in [-0.2, 0) is 41.7 Å². The molecule has 3 rings (SSSR count). The fourth-order valence-corrected chi connectivity index (χ4v) is 5.21. The van der Waals surface area contributed by atoms with E-state index in [1.54, 1.807) is 6.20 Å². The molecule has 0 aliphatic carbocycles. The second-order valence-corrected chi connectivity index (χ2v) is 11.8. The number of carbonyl (C=O) groups is 6. The highest BCUT2D eigenvalue weighted by Crippen LogP contribution is 2.19. The first-order chi connectivity index (χ1) is 24.6. The number of urea groups is 1. The lowest BCUT2D eigenvalue weighted by Crippen LogP contribution is -2.54. The van der Waals surface area contributed by atoms with Gasteiger partial charge in [0.2, 0.25) is 11.8 Å². The molecule has 0 bridgehead atoms. The number of nitrogens with two attached hydrogens (primary N) is 1. The molecule has 3 atom stereocenters. The Labute approximate surface area is 295 Å². The predicted octanol–water partition coefficient (Wildman–Crippen LogP) is 1.83. The number of para-hydroxylation sites is 1. The van der Waals surface area contributed by atoms with Crippen molar-refractivity contribution in [2.45, 2.75) is 69.7 Å². The number of esters is 1. The molecular weight excluding hydrogens is 662 g/mol. The lowest BCUT2D eigenvalue weighted by atomic mass is 10.0. The van der Waals surface area contributed by atoms with Gasteiger partial charge >= 0.3 is 24.1 Å². The summed E-state index contributed by atoms with van der Waals surface area (Å²) in [5.41, 5.74) is 7.96. The number of hydrogen-bond acceptors (Lipinski definition) is 9. The molecule has 276 valence electrons. The van der Waals surface area contributed by atoms with Crippen molar-refractivity contribution in [2.24, 2.45) is 5.73 Å². The molecule has 9 N–H and O–H groups in total. The van der Waals surface area contributed by atoms with Crippen molar-refractivity contribution in [2.75, 3.05) is 26.7 Å². The second kappa shape index (κ2) is 21.4. The van der Waals surface area contributed by atoms with Crippen LogP contribution in [0.2, 0.25) is 0 Å². The van der Waals surface area contributed by atoms with Crippen LogP contribution in [0.4, 0.5) is 9.59 Å². The minimum absolute atomic E-state index is 0.0951. The maximum atomic E-state index is 13.2. The van der Waals surface area contributed by atoms with Crippen molar-refractivity contribution in [1.29, 1.82) is 0 Å². The third-order valence-electron chi connectivity index (χ3n) is 7.92. The van der Waals surface area contributed by atoms with Gasteiger partial charge < -0.3 is 51.9 Å². The Bertz CT molecular complexity index is 1600. The van der Waals surface area contributed by atoms with Crippen LogP contribution in [-0.4, -0.2) is 90.8 Å². The van der Waals surface area contributed by atoms with Crippen molar-refractivity contribution in [3.05, 3.63) is 71.9 Å². The summed E-state index contributed by atoms with van der Waals surface area (Å²) in [5, 5.41) is 23.0.